The number of hydrogen-bond donors (Lipinski definition) is 1. The lowest BCUT2D eigenvalue weighted by molar-refractivity contribution is -0.192. The van der Waals surface area contributed by atoms with E-state index in [-0.39, 0.29) is 13.2 Å². The molecular weight excluding hydrogens is 532 g/mol. The molecule has 4 aromatic rings. The molecule has 7 nitrogen and oxygen atoms in total. The van der Waals surface area contributed by atoms with Gasteiger partial charge in [-0.15, -0.1) is 0 Å². The van der Waals surface area contributed by atoms with Crippen molar-refractivity contribution in [2.45, 2.75) is 50.5 Å². The summed E-state index contributed by atoms with van der Waals surface area (Å²) < 4.78 is 37.3. The quantitative estimate of drug-likeness (QED) is 0.192. The second-order valence-electron chi connectivity index (χ2n) is 10.2. The van der Waals surface area contributed by atoms with Gasteiger partial charge in [-0.05, 0) is 28.8 Å². The molecule has 4 aromatic carbocycles. The van der Waals surface area contributed by atoms with Crippen LogP contribution in [-0.2, 0) is 43.5 Å². The van der Waals surface area contributed by atoms with Crippen molar-refractivity contribution in [1.82, 2.24) is 0 Å². The van der Waals surface area contributed by atoms with Gasteiger partial charge in [-0.3, -0.25) is 0 Å². The Morgan fingerprint density at radius 1 is 0.690 bits per heavy atom. The van der Waals surface area contributed by atoms with Crippen LogP contribution in [0.4, 0.5) is 0 Å². The monoisotopic (exact) mass is 570 g/mol. The molecule has 1 aliphatic rings. The Hall–Kier alpha value is -3.56. The zero-order chi connectivity index (χ0) is 29.0. The van der Waals surface area contributed by atoms with Crippen molar-refractivity contribution in [2.75, 3.05) is 20.3 Å². The van der Waals surface area contributed by atoms with Crippen molar-refractivity contribution in [1.29, 1.82) is 0 Å². The van der Waals surface area contributed by atoms with E-state index in [2.05, 4.69) is 0 Å². The van der Waals surface area contributed by atoms with Gasteiger partial charge in [0.25, 0.3) is 0 Å². The molecule has 0 spiro atoms. The Kier molecular flexibility index (Phi) is 11.1. The smallest absolute Gasteiger partial charge is 0.184 e. The van der Waals surface area contributed by atoms with Crippen molar-refractivity contribution >= 4 is 0 Å². The summed E-state index contributed by atoms with van der Waals surface area (Å²) >= 11 is 0. The minimum absolute atomic E-state index is 0.257. The van der Waals surface area contributed by atoms with Crippen LogP contribution in [0.15, 0.2) is 115 Å². The molecule has 1 aliphatic heterocycles. The first-order chi connectivity index (χ1) is 20.7. The zero-order valence-electron chi connectivity index (χ0n) is 23.8. The van der Waals surface area contributed by atoms with Crippen molar-refractivity contribution in [2.24, 2.45) is 0 Å². The first-order valence-electron chi connectivity index (χ1n) is 14.2. The van der Waals surface area contributed by atoms with Gasteiger partial charge in [0.1, 0.15) is 30.2 Å². The fourth-order valence-electron chi connectivity index (χ4n) is 4.92. The maximum absolute atomic E-state index is 10.6. The van der Waals surface area contributed by atoms with Crippen LogP contribution in [0, 0.1) is 0 Å². The van der Waals surface area contributed by atoms with Gasteiger partial charge in [-0.2, -0.15) is 0 Å². The highest BCUT2D eigenvalue weighted by atomic mass is 16.7. The van der Waals surface area contributed by atoms with Gasteiger partial charge in [0.05, 0.1) is 40.1 Å². The molecule has 0 amide bonds. The predicted octanol–water partition coefficient (Wildman–Crippen LogP) is 5.86. The van der Waals surface area contributed by atoms with E-state index in [4.69, 9.17) is 28.4 Å². The second-order valence-corrected chi connectivity index (χ2v) is 10.2. The number of benzene rings is 4. The Morgan fingerprint density at radius 2 is 1.21 bits per heavy atom. The fourth-order valence-corrected chi connectivity index (χ4v) is 4.92. The molecule has 1 fully saturated rings. The number of ether oxygens (including phenoxy) is 6. The van der Waals surface area contributed by atoms with Crippen molar-refractivity contribution in [3.05, 3.63) is 138 Å². The summed E-state index contributed by atoms with van der Waals surface area (Å²) in [4.78, 5) is 0. The molecule has 0 saturated carbocycles. The van der Waals surface area contributed by atoms with E-state index in [1.165, 1.54) is 0 Å². The van der Waals surface area contributed by atoms with Crippen LogP contribution >= 0.6 is 0 Å². The van der Waals surface area contributed by atoms with E-state index in [1.807, 2.05) is 115 Å². The van der Waals surface area contributed by atoms with Crippen molar-refractivity contribution < 1.29 is 33.5 Å². The highest BCUT2D eigenvalue weighted by Gasteiger charge is 2.42. The zero-order valence-corrected chi connectivity index (χ0v) is 23.8. The van der Waals surface area contributed by atoms with Gasteiger partial charge >= 0.3 is 0 Å². The van der Waals surface area contributed by atoms with Gasteiger partial charge in [-0.1, -0.05) is 103 Å². The molecule has 0 aliphatic carbocycles. The lowest BCUT2D eigenvalue weighted by Crippen LogP contribution is -2.50. The van der Waals surface area contributed by atoms with Crippen molar-refractivity contribution in [3.8, 4) is 5.75 Å². The maximum atomic E-state index is 10.6. The second kappa shape index (κ2) is 15.6. The topological polar surface area (TPSA) is 75.6 Å². The number of methoxy groups -OCH3 is 1. The molecule has 5 rings (SSSR count). The van der Waals surface area contributed by atoms with Crippen molar-refractivity contribution in [3.63, 3.8) is 0 Å². The third-order valence-corrected chi connectivity index (χ3v) is 7.21. The van der Waals surface area contributed by atoms with Crippen LogP contribution in [0.25, 0.3) is 0 Å². The van der Waals surface area contributed by atoms with E-state index in [9.17, 15) is 5.11 Å². The summed E-state index contributed by atoms with van der Waals surface area (Å²) in [5.41, 5.74) is 3.89. The van der Waals surface area contributed by atoms with Crippen LogP contribution < -0.4 is 4.74 Å². The Balaban J connectivity index is 1.39. The minimum Gasteiger partial charge on any atom is -0.497 e. The molecular formula is C35H38O7. The van der Waals surface area contributed by atoms with Crippen LogP contribution in [0.2, 0.25) is 0 Å². The molecule has 220 valence electrons. The normalized spacial score (nSPS) is 18.8. The molecule has 1 unspecified atom stereocenters. The van der Waals surface area contributed by atoms with E-state index >= 15 is 0 Å². The molecule has 1 saturated heterocycles. The van der Waals surface area contributed by atoms with Gasteiger partial charge in [-0.25, -0.2) is 0 Å². The summed E-state index contributed by atoms with van der Waals surface area (Å²) in [5, 5.41) is 10.6. The molecule has 5 atom stereocenters. The average Bonchev–Trinajstić information content (AvgIpc) is 3.55. The van der Waals surface area contributed by atoms with E-state index < -0.39 is 30.7 Å². The molecule has 0 aromatic heterocycles. The number of rotatable bonds is 15. The largest absolute Gasteiger partial charge is 0.497 e. The summed E-state index contributed by atoms with van der Waals surface area (Å²) in [6, 6.07) is 37.3. The summed E-state index contributed by atoms with van der Waals surface area (Å²) in [6.45, 7) is 1.00. The number of aliphatic hydroxyl groups excluding tert-OH is 1. The summed E-state index contributed by atoms with van der Waals surface area (Å²) in [6.07, 6.45) is -3.00. The average molecular weight is 571 g/mol. The van der Waals surface area contributed by atoms with Gasteiger partial charge in [0.15, 0.2) is 6.29 Å². The molecule has 0 radical (unpaired) electrons. The van der Waals surface area contributed by atoms with E-state index in [1.54, 1.807) is 7.11 Å². The molecule has 42 heavy (non-hydrogen) atoms. The van der Waals surface area contributed by atoms with Crippen LogP contribution in [-0.4, -0.2) is 49.8 Å². The Labute approximate surface area is 247 Å². The summed E-state index contributed by atoms with van der Waals surface area (Å²) in [5.74, 6) is 0.757. The molecule has 1 N–H and O–H groups in total. The highest BCUT2D eigenvalue weighted by Crippen LogP contribution is 2.33. The first-order valence-corrected chi connectivity index (χ1v) is 14.2. The Morgan fingerprint density at radius 3 is 1.74 bits per heavy atom. The van der Waals surface area contributed by atoms with E-state index in [0.717, 1.165) is 28.0 Å². The highest BCUT2D eigenvalue weighted by molar-refractivity contribution is 5.28. The SMILES string of the molecule is COc1ccc(C2OC[C@H]([C@H](OCc3ccccc3)[C@H](OCc3ccccc3)[C@H](CO)OCc3ccccc3)O2)cc1. The van der Waals surface area contributed by atoms with Crippen LogP contribution in [0.1, 0.15) is 28.5 Å². The number of aliphatic hydroxyl groups is 1. The standard InChI is InChI=1S/C35H38O7/c1-37-30-19-17-29(18-20-30)35-41-25-32(42-35)34(40-24-28-15-9-4-10-16-28)33(39-23-27-13-7-3-8-14-27)31(21-36)38-22-26-11-5-2-6-12-26/h2-20,31-36H,21-25H2,1H3/t31-,32+,33+,34-,35?/m0/s1. The fraction of sp³-hybridized carbons (Fsp3) is 0.314. The minimum atomic E-state index is -0.682. The maximum Gasteiger partial charge on any atom is 0.184 e. The molecule has 1 heterocycles. The van der Waals surface area contributed by atoms with Gasteiger partial charge in [0.2, 0.25) is 0 Å². The van der Waals surface area contributed by atoms with Crippen LogP contribution in [0.3, 0.4) is 0 Å². The Bertz CT molecular complexity index is 1300. The molecule has 7 heteroatoms. The lowest BCUT2D eigenvalue weighted by Gasteiger charge is -2.35. The third-order valence-electron chi connectivity index (χ3n) is 7.21. The predicted molar refractivity (Wildman–Crippen MR) is 159 cm³/mol. The van der Waals surface area contributed by atoms with Gasteiger partial charge < -0.3 is 33.5 Å². The summed E-state index contributed by atoms with van der Waals surface area (Å²) in [7, 11) is 1.63. The number of hydrogen-bond acceptors (Lipinski definition) is 7. The van der Waals surface area contributed by atoms with Crippen LogP contribution in [0.5, 0.6) is 5.75 Å². The third kappa shape index (κ3) is 8.26. The first kappa shape index (κ1) is 29.9. The lowest BCUT2D eigenvalue weighted by atomic mass is 10.0. The van der Waals surface area contributed by atoms with E-state index in [0.29, 0.717) is 19.8 Å². The van der Waals surface area contributed by atoms with Gasteiger partial charge in [0, 0.05) is 5.56 Å². The molecule has 0 bridgehead atoms.